The molecule has 1 heterocycles. The zero-order valence-corrected chi connectivity index (χ0v) is 9.95. The summed E-state index contributed by atoms with van der Waals surface area (Å²) in [7, 11) is 0. The molecule has 0 aliphatic heterocycles. The lowest BCUT2D eigenvalue weighted by molar-refractivity contribution is 0.302. The largest absolute Gasteiger partial charge is 0.488 e. The predicted molar refractivity (Wildman–Crippen MR) is 62.7 cm³/mol. The van der Waals surface area contributed by atoms with Gasteiger partial charge in [-0.3, -0.25) is 4.98 Å². The molecule has 1 aromatic heterocycles. The number of hydrogen-bond donors (Lipinski definition) is 0. The number of hydrogen-bond acceptors (Lipinski definition) is 2. The number of aromatic nitrogens is 1. The predicted octanol–water partition coefficient (Wildman–Crippen LogP) is 3.56. The fraction of sp³-hybridized carbons (Fsp3) is 0.0833. The van der Waals surface area contributed by atoms with Crippen molar-refractivity contribution in [3.63, 3.8) is 0 Å². The number of benzene rings is 1. The van der Waals surface area contributed by atoms with Crippen molar-refractivity contribution in [1.82, 2.24) is 4.98 Å². The molecule has 0 amide bonds. The van der Waals surface area contributed by atoms with Gasteiger partial charge in [-0.05, 0) is 45.8 Å². The van der Waals surface area contributed by atoms with E-state index < -0.39 is 0 Å². The zero-order valence-electron chi connectivity index (χ0n) is 8.36. The summed E-state index contributed by atoms with van der Waals surface area (Å²) >= 11 is 3.30. The Bertz CT molecular complexity index is 476. The van der Waals surface area contributed by atoms with Gasteiger partial charge < -0.3 is 4.74 Å². The molecule has 16 heavy (non-hydrogen) atoms. The van der Waals surface area contributed by atoms with Crippen LogP contribution < -0.4 is 4.74 Å². The summed E-state index contributed by atoms with van der Waals surface area (Å²) in [4.78, 5) is 3.91. The summed E-state index contributed by atoms with van der Waals surface area (Å²) in [6, 6.07) is 8.06. The molecule has 0 spiro atoms. The Labute approximate surface area is 101 Å². The summed E-state index contributed by atoms with van der Waals surface area (Å²) in [6.45, 7) is 0.393. The van der Waals surface area contributed by atoms with E-state index in [4.69, 9.17) is 4.74 Å². The number of pyridine rings is 1. The molecule has 2 rings (SSSR count). The maximum absolute atomic E-state index is 13.0. The van der Waals surface area contributed by atoms with Crippen LogP contribution >= 0.6 is 15.9 Å². The van der Waals surface area contributed by atoms with Crippen molar-refractivity contribution < 1.29 is 9.13 Å². The average molecular weight is 282 g/mol. The fourth-order valence-electron chi connectivity index (χ4n) is 1.23. The van der Waals surface area contributed by atoms with Crippen LogP contribution in [0.15, 0.2) is 47.2 Å². The molecule has 4 heteroatoms. The Hall–Kier alpha value is -1.42. The van der Waals surface area contributed by atoms with Crippen molar-refractivity contribution in [2.45, 2.75) is 6.61 Å². The van der Waals surface area contributed by atoms with E-state index in [0.717, 1.165) is 10.0 Å². The third kappa shape index (κ3) is 2.79. The smallest absolute Gasteiger partial charge is 0.136 e. The molecule has 2 nitrogen and oxygen atoms in total. The number of ether oxygens (including phenoxy) is 1. The Morgan fingerprint density at radius 1 is 1.19 bits per heavy atom. The van der Waals surface area contributed by atoms with Crippen molar-refractivity contribution in [1.29, 1.82) is 0 Å². The first kappa shape index (κ1) is 11.1. The van der Waals surface area contributed by atoms with E-state index in [1.807, 2.05) is 12.1 Å². The highest BCUT2D eigenvalue weighted by Crippen LogP contribution is 2.26. The minimum atomic E-state index is -0.312. The first-order valence-electron chi connectivity index (χ1n) is 4.72. The van der Waals surface area contributed by atoms with E-state index in [1.54, 1.807) is 18.5 Å². The Morgan fingerprint density at radius 3 is 2.69 bits per heavy atom. The van der Waals surface area contributed by atoms with Gasteiger partial charge in [-0.15, -0.1) is 0 Å². The van der Waals surface area contributed by atoms with Gasteiger partial charge in [0.15, 0.2) is 0 Å². The van der Waals surface area contributed by atoms with E-state index in [9.17, 15) is 4.39 Å². The highest BCUT2D eigenvalue weighted by atomic mass is 79.9. The van der Waals surface area contributed by atoms with Gasteiger partial charge in [-0.25, -0.2) is 4.39 Å². The third-order valence-electron chi connectivity index (χ3n) is 2.04. The molecule has 0 atom stereocenters. The van der Waals surface area contributed by atoms with E-state index >= 15 is 0 Å². The molecule has 0 aliphatic rings. The lowest BCUT2D eigenvalue weighted by Crippen LogP contribution is -1.96. The van der Waals surface area contributed by atoms with E-state index in [2.05, 4.69) is 20.9 Å². The minimum absolute atomic E-state index is 0.312. The molecule has 2 aromatic rings. The molecule has 0 radical (unpaired) electrons. The van der Waals surface area contributed by atoms with Gasteiger partial charge in [-0.1, -0.05) is 0 Å². The molecule has 0 N–H and O–H groups in total. The van der Waals surface area contributed by atoms with Gasteiger partial charge in [0.2, 0.25) is 0 Å². The monoisotopic (exact) mass is 281 g/mol. The molecule has 0 aliphatic carbocycles. The van der Waals surface area contributed by atoms with Crippen LogP contribution in [0.25, 0.3) is 0 Å². The van der Waals surface area contributed by atoms with Gasteiger partial charge in [0.1, 0.15) is 18.2 Å². The first-order chi connectivity index (χ1) is 7.75. The maximum atomic E-state index is 13.0. The molecule has 1 aromatic carbocycles. The number of rotatable bonds is 3. The van der Waals surface area contributed by atoms with Crippen LogP contribution in [0.3, 0.4) is 0 Å². The molecule has 0 fully saturated rings. The molecule has 0 saturated carbocycles. The van der Waals surface area contributed by atoms with Crippen LogP contribution in [-0.2, 0) is 6.61 Å². The van der Waals surface area contributed by atoms with Gasteiger partial charge in [0, 0.05) is 18.5 Å². The molecule has 82 valence electrons. The highest BCUT2D eigenvalue weighted by molar-refractivity contribution is 9.10. The number of halogens is 2. The van der Waals surface area contributed by atoms with Crippen LogP contribution in [0.2, 0.25) is 0 Å². The van der Waals surface area contributed by atoms with E-state index in [1.165, 1.54) is 12.1 Å². The molecular formula is C12H9BrFNO. The summed E-state index contributed by atoms with van der Waals surface area (Å²) in [5, 5.41) is 0. The van der Waals surface area contributed by atoms with Gasteiger partial charge in [0.25, 0.3) is 0 Å². The topological polar surface area (TPSA) is 22.1 Å². The molecule has 0 saturated heterocycles. The molecular weight excluding hydrogens is 273 g/mol. The number of nitrogens with zero attached hydrogens (tertiary/aromatic N) is 1. The van der Waals surface area contributed by atoms with Gasteiger partial charge in [-0.2, -0.15) is 0 Å². The summed E-state index contributed by atoms with van der Waals surface area (Å²) in [5.74, 6) is 0.185. The average Bonchev–Trinajstić information content (AvgIpc) is 2.32. The third-order valence-corrected chi connectivity index (χ3v) is 2.69. The fourth-order valence-corrected chi connectivity index (χ4v) is 1.59. The highest BCUT2D eigenvalue weighted by Gasteiger charge is 2.03. The normalized spacial score (nSPS) is 10.1. The van der Waals surface area contributed by atoms with E-state index in [-0.39, 0.29) is 5.82 Å². The summed E-state index contributed by atoms with van der Waals surface area (Å²) in [5.41, 5.74) is 0.992. The second-order valence-electron chi connectivity index (χ2n) is 3.22. The second-order valence-corrected chi connectivity index (χ2v) is 4.07. The van der Waals surface area contributed by atoms with E-state index in [0.29, 0.717) is 12.4 Å². The van der Waals surface area contributed by atoms with Crippen LogP contribution in [0.4, 0.5) is 4.39 Å². The van der Waals surface area contributed by atoms with Crippen LogP contribution in [0.5, 0.6) is 5.75 Å². The standard InChI is InChI=1S/C12H9BrFNO/c13-11-2-1-10(14)7-12(11)16-8-9-3-5-15-6-4-9/h1-7H,8H2. The first-order valence-corrected chi connectivity index (χ1v) is 5.52. The van der Waals surface area contributed by atoms with Crippen molar-refractivity contribution in [2.75, 3.05) is 0 Å². The Balaban J connectivity index is 2.08. The molecule has 0 unspecified atom stereocenters. The molecule has 0 bridgehead atoms. The lowest BCUT2D eigenvalue weighted by atomic mass is 10.3. The summed E-state index contributed by atoms with van der Waals surface area (Å²) in [6.07, 6.45) is 3.39. The van der Waals surface area contributed by atoms with Crippen LogP contribution in [0, 0.1) is 5.82 Å². The van der Waals surface area contributed by atoms with Crippen molar-refractivity contribution in [2.24, 2.45) is 0 Å². The van der Waals surface area contributed by atoms with Crippen molar-refractivity contribution in [3.05, 3.63) is 58.6 Å². The Morgan fingerprint density at radius 2 is 1.94 bits per heavy atom. The van der Waals surface area contributed by atoms with Crippen LogP contribution in [-0.4, -0.2) is 4.98 Å². The van der Waals surface area contributed by atoms with Crippen molar-refractivity contribution >= 4 is 15.9 Å². The SMILES string of the molecule is Fc1ccc(Br)c(OCc2ccncc2)c1. The van der Waals surface area contributed by atoms with Gasteiger partial charge in [0.05, 0.1) is 4.47 Å². The zero-order chi connectivity index (χ0) is 11.4. The minimum Gasteiger partial charge on any atom is -0.488 e. The lowest BCUT2D eigenvalue weighted by Gasteiger charge is -2.07. The van der Waals surface area contributed by atoms with Gasteiger partial charge >= 0.3 is 0 Å². The quantitative estimate of drug-likeness (QED) is 0.858. The Kier molecular flexibility index (Phi) is 3.51. The van der Waals surface area contributed by atoms with Crippen LogP contribution in [0.1, 0.15) is 5.56 Å². The summed E-state index contributed by atoms with van der Waals surface area (Å²) < 4.78 is 19.2. The maximum Gasteiger partial charge on any atom is 0.136 e. The van der Waals surface area contributed by atoms with Crippen molar-refractivity contribution in [3.8, 4) is 5.75 Å². The second kappa shape index (κ2) is 5.07.